The maximum Gasteiger partial charge on any atom is 0.192 e. The Hall–Kier alpha value is -1.22. The SMILES string of the molecule is N#CC(=Cc1ccc(Cl)c(Cl)c1Cl)S(=O)(=O)Cc1ccc(Cl)cc1. The van der Waals surface area contributed by atoms with Gasteiger partial charge in [-0.05, 0) is 35.4 Å². The molecule has 2 aromatic rings. The van der Waals surface area contributed by atoms with Gasteiger partial charge in [0.05, 0.1) is 20.8 Å². The normalized spacial score (nSPS) is 12.0. The summed E-state index contributed by atoms with van der Waals surface area (Å²) in [4.78, 5) is -0.419. The standard InChI is InChI=1S/C16H9Cl4NO2S/c17-12-4-1-10(2-5-12)9-24(22,23)13(8-21)7-11-3-6-14(18)16(20)15(11)19/h1-7H,9H2. The first-order valence-electron chi connectivity index (χ1n) is 6.47. The number of benzene rings is 2. The van der Waals surface area contributed by atoms with Gasteiger partial charge in [0.2, 0.25) is 0 Å². The topological polar surface area (TPSA) is 57.9 Å². The van der Waals surface area contributed by atoms with Gasteiger partial charge in [0.1, 0.15) is 11.0 Å². The van der Waals surface area contributed by atoms with Gasteiger partial charge in [0.15, 0.2) is 9.84 Å². The predicted octanol–water partition coefficient (Wildman–Crippen LogP) is 5.78. The zero-order valence-corrected chi connectivity index (χ0v) is 15.8. The number of nitrogens with zero attached hydrogens (tertiary/aromatic N) is 1. The lowest BCUT2D eigenvalue weighted by atomic mass is 10.2. The van der Waals surface area contributed by atoms with Gasteiger partial charge >= 0.3 is 0 Å². The second-order valence-corrected chi connectivity index (χ2v) is 8.33. The van der Waals surface area contributed by atoms with Crippen LogP contribution in [0.15, 0.2) is 41.3 Å². The Kier molecular flexibility index (Phi) is 6.19. The fraction of sp³-hybridized carbons (Fsp3) is 0.0625. The lowest BCUT2D eigenvalue weighted by Crippen LogP contribution is -2.06. The fourth-order valence-electron chi connectivity index (χ4n) is 1.86. The minimum Gasteiger partial charge on any atom is -0.223 e. The molecule has 8 heteroatoms. The number of hydrogen-bond acceptors (Lipinski definition) is 3. The highest BCUT2D eigenvalue weighted by molar-refractivity contribution is 7.95. The van der Waals surface area contributed by atoms with Crippen molar-refractivity contribution < 1.29 is 8.42 Å². The van der Waals surface area contributed by atoms with Crippen molar-refractivity contribution in [3.05, 3.63) is 72.5 Å². The van der Waals surface area contributed by atoms with Gasteiger partial charge in [-0.25, -0.2) is 8.42 Å². The van der Waals surface area contributed by atoms with Crippen LogP contribution >= 0.6 is 46.4 Å². The van der Waals surface area contributed by atoms with Crippen LogP contribution < -0.4 is 0 Å². The van der Waals surface area contributed by atoms with E-state index in [1.54, 1.807) is 30.3 Å². The minimum absolute atomic E-state index is 0.0820. The quantitative estimate of drug-likeness (QED) is 0.465. The molecule has 0 bridgehead atoms. The predicted molar refractivity (Wildman–Crippen MR) is 99.1 cm³/mol. The number of rotatable bonds is 4. The van der Waals surface area contributed by atoms with E-state index in [0.29, 0.717) is 16.1 Å². The lowest BCUT2D eigenvalue weighted by Gasteiger charge is -2.06. The van der Waals surface area contributed by atoms with Gasteiger partial charge in [-0.3, -0.25) is 0 Å². The summed E-state index contributed by atoms with van der Waals surface area (Å²) >= 11 is 23.6. The van der Waals surface area contributed by atoms with Gasteiger partial charge in [0, 0.05) is 5.02 Å². The molecule has 0 aromatic heterocycles. The number of sulfone groups is 1. The molecule has 0 spiro atoms. The van der Waals surface area contributed by atoms with Crippen LogP contribution in [0.1, 0.15) is 11.1 Å². The Morgan fingerprint density at radius 1 is 1.00 bits per heavy atom. The summed E-state index contributed by atoms with van der Waals surface area (Å²) in [7, 11) is -3.85. The zero-order valence-electron chi connectivity index (χ0n) is 11.9. The van der Waals surface area contributed by atoms with E-state index >= 15 is 0 Å². The molecule has 0 aliphatic rings. The van der Waals surface area contributed by atoms with Crippen LogP contribution in [0.4, 0.5) is 0 Å². The molecule has 0 unspecified atom stereocenters. The molecular formula is C16H9Cl4NO2S. The molecule has 0 aliphatic carbocycles. The third kappa shape index (κ3) is 4.44. The van der Waals surface area contributed by atoms with Crippen LogP contribution in [0.25, 0.3) is 6.08 Å². The average Bonchev–Trinajstić information content (AvgIpc) is 2.54. The Bertz CT molecular complexity index is 945. The highest BCUT2D eigenvalue weighted by atomic mass is 35.5. The molecule has 0 heterocycles. The van der Waals surface area contributed by atoms with Crippen molar-refractivity contribution in [3.63, 3.8) is 0 Å². The van der Waals surface area contributed by atoms with E-state index < -0.39 is 14.7 Å². The van der Waals surface area contributed by atoms with E-state index in [4.69, 9.17) is 46.4 Å². The van der Waals surface area contributed by atoms with E-state index in [9.17, 15) is 13.7 Å². The van der Waals surface area contributed by atoms with E-state index in [1.807, 2.05) is 0 Å². The lowest BCUT2D eigenvalue weighted by molar-refractivity contribution is 0.602. The summed E-state index contributed by atoms with van der Waals surface area (Å²) in [6.07, 6.45) is 1.18. The van der Waals surface area contributed by atoms with Crippen molar-refractivity contribution in [1.82, 2.24) is 0 Å². The van der Waals surface area contributed by atoms with Crippen molar-refractivity contribution >= 4 is 62.3 Å². The van der Waals surface area contributed by atoms with Crippen molar-refractivity contribution in [2.45, 2.75) is 5.75 Å². The van der Waals surface area contributed by atoms with Crippen LogP contribution in [-0.4, -0.2) is 8.42 Å². The molecule has 0 radical (unpaired) electrons. The summed E-state index contributed by atoms with van der Waals surface area (Å²) in [6, 6.07) is 11.0. The summed E-state index contributed by atoms with van der Waals surface area (Å²) < 4.78 is 24.9. The Morgan fingerprint density at radius 2 is 1.62 bits per heavy atom. The Balaban J connectivity index is 2.41. The summed E-state index contributed by atoms with van der Waals surface area (Å²) in [5, 5.41) is 10.2. The maximum absolute atomic E-state index is 12.5. The van der Waals surface area contributed by atoms with Crippen molar-refractivity contribution in [1.29, 1.82) is 5.26 Å². The molecule has 0 atom stereocenters. The molecule has 0 fully saturated rings. The average molecular weight is 421 g/mol. The van der Waals surface area contributed by atoms with Gasteiger partial charge in [-0.1, -0.05) is 64.6 Å². The Morgan fingerprint density at radius 3 is 2.21 bits per heavy atom. The highest BCUT2D eigenvalue weighted by Gasteiger charge is 2.20. The molecule has 0 N–H and O–H groups in total. The molecule has 0 aliphatic heterocycles. The van der Waals surface area contributed by atoms with Crippen molar-refractivity contribution in [3.8, 4) is 6.07 Å². The van der Waals surface area contributed by atoms with Crippen LogP contribution in [0.2, 0.25) is 20.1 Å². The monoisotopic (exact) mass is 419 g/mol. The van der Waals surface area contributed by atoms with Crippen molar-refractivity contribution in [2.24, 2.45) is 0 Å². The first-order valence-corrected chi connectivity index (χ1v) is 9.63. The Labute approximate surface area is 159 Å². The first-order chi connectivity index (χ1) is 11.2. The van der Waals surface area contributed by atoms with Crippen LogP contribution in [0.3, 0.4) is 0 Å². The van der Waals surface area contributed by atoms with Gasteiger partial charge in [0.25, 0.3) is 0 Å². The second kappa shape index (κ2) is 7.77. The molecule has 24 heavy (non-hydrogen) atoms. The molecule has 124 valence electrons. The number of nitriles is 1. The summed E-state index contributed by atoms with van der Waals surface area (Å²) in [6.45, 7) is 0. The van der Waals surface area contributed by atoms with Crippen LogP contribution in [-0.2, 0) is 15.6 Å². The van der Waals surface area contributed by atoms with E-state index in [0.717, 1.165) is 0 Å². The third-order valence-corrected chi connectivity index (χ3v) is 6.22. The highest BCUT2D eigenvalue weighted by Crippen LogP contribution is 2.34. The molecule has 0 saturated carbocycles. The van der Waals surface area contributed by atoms with Gasteiger partial charge < -0.3 is 0 Å². The largest absolute Gasteiger partial charge is 0.223 e. The van der Waals surface area contributed by atoms with Crippen LogP contribution in [0.5, 0.6) is 0 Å². The smallest absolute Gasteiger partial charge is 0.192 e. The van der Waals surface area contributed by atoms with E-state index in [1.165, 1.54) is 18.2 Å². The molecule has 0 amide bonds. The second-order valence-electron chi connectivity index (χ2n) is 4.77. The van der Waals surface area contributed by atoms with Gasteiger partial charge in [-0.15, -0.1) is 0 Å². The zero-order chi connectivity index (χ0) is 17.9. The minimum atomic E-state index is -3.85. The van der Waals surface area contributed by atoms with Gasteiger partial charge in [-0.2, -0.15) is 5.26 Å². The van der Waals surface area contributed by atoms with Crippen molar-refractivity contribution in [2.75, 3.05) is 0 Å². The summed E-state index contributed by atoms with van der Waals surface area (Å²) in [5.41, 5.74) is 0.808. The number of halogens is 4. The first kappa shape index (κ1) is 19.1. The number of hydrogen-bond donors (Lipinski definition) is 0. The molecule has 3 nitrogen and oxygen atoms in total. The number of allylic oxidation sites excluding steroid dienone is 1. The van der Waals surface area contributed by atoms with E-state index in [2.05, 4.69) is 0 Å². The van der Waals surface area contributed by atoms with Crippen LogP contribution in [0, 0.1) is 11.3 Å². The maximum atomic E-state index is 12.5. The molecule has 2 aromatic carbocycles. The molecular weight excluding hydrogens is 412 g/mol. The summed E-state index contributed by atoms with van der Waals surface area (Å²) in [5.74, 6) is -0.331. The third-order valence-electron chi connectivity index (χ3n) is 3.07. The molecule has 2 rings (SSSR count). The molecule has 0 saturated heterocycles. The fourth-order valence-corrected chi connectivity index (χ4v) is 3.82. The van der Waals surface area contributed by atoms with E-state index in [-0.39, 0.29) is 20.8 Å².